The fraction of sp³-hybridized carbons (Fsp3) is 0.400. The van der Waals surface area contributed by atoms with E-state index in [9.17, 15) is 9.18 Å². The van der Waals surface area contributed by atoms with Crippen LogP contribution in [0.5, 0.6) is 0 Å². The standard InChI is InChI=1S/C15H18FNOS/c1-4-6-9(2)17-15(18)14-10(3)13-11(16)7-5-8-12(13)19-14/h5,7-9H,4,6H2,1-3H3,(H,17,18)/t9-/m1/s1. The molecule has 0 fully saturated rings. The second-order valence-electron chi connectivity index (χ2n) is 4.83. The molecular weight excluding hydrogens is 261 g/mol. The molecule has 0 aliphatic carbocycles. The minimum Gasteiger partial charge on any atom is -0.349 e. The van der Waals surface area contributed by atoms with Gasteiger partial charge in [-0.05, 0) is 38.0 Å². The van der Waals surface area contributed by atoms with Crippen molar-refractivity contribution in [1.82, 2.24) is 5.32 Å². The van der Waals surface area contributed by atoms with E-state index < -0.39 is 0 Å². The molecule has 2 nitrogen and oxygen atoms in total. The number of nitrogens with one attached hydrogen (secondary N) is 1. The summed E-state index contributed by atoms with van der Waals surface area (Å²) in [6.45, 7) is 5.88. The monoisotopic (exact) mass is 279 g/mol. The van der Waals surface area contributed by atoms with E-state index in [0.29, 0.717) is 10.3 Å². The molecule has 0 spiro atoms. The molecule has 19 heavy (non-hydrogen) atoms. The van der Waals surface area contributed by atoms with E-state index in [-0.39, 0.29) is 17.8 Å². The molecule has 0 aliphatic rings. The summed E-state index contributed by atoms with van der Waals surface area (Å²) in [5.41, 5.74) is 0.735. The van der Waals surface area contributed by atoms with Crippen molar-refractivity contribution >= 4 is 27.3 Å². The van der Waals surface area contributed by atoms with Crippen LogP contribution in [0, 0.1) is 12.7 Å². The summed E-state index contributed by atoms with van der Waals surface area (Å²) in [6, 6.07) is 5.10. The fourth-order valence-electron chi connectivity index (χ4n) is 2.26. The van der Waals surface area contributed by atoms with E-state index >= 15 is 0 Å². The highest BCUT2D eigenvalue weighted by Gasteiger charge is 2.18. The topological polar surface area (TPSA) is 29.1 Å². The molecule has 0 aliphatic heterocycles. The Labute approximate surface area is 116 Å². The lowest BCUT2D eigenvalue weighted by Gasteiger charge is -2.12. The van der Waals surface area contributed by atoms with Gasteiger partial charge in [-0.3, -0.25) is 4.79 Å². The number of fused-ring (bicyclic) bond motifs is 1. The van der Waals surface area contributed by atoms with Gasteiger partial charge in [-0.1, -0.05) is 19.4 Å². The Bertz CT molecular complexity index is 605. The van der Waals surface area contributed by atoms with Crippen LogP contribution in [0.2, 0.25) is 0 Å². The van der Waals surface area contributed by atoms with Gasteiger partial charge in [-0.25, -0.2) is 4.39 Å². The van der Waals surface area contributed by atoms with E-state index in [1.54, 1.807) is 13.0 Å². The largest absolute Gasteiger partial charge is 0.349 e. The molecule has 4 heteroatoms. The molecule has 0 bridgehead atoms. The van der Waals surface area contributed by atoms with E-state index in [2.05, 4.69) is 12.2 Å². The first-order valence-corrected chi connectivity index (χ1v) is 7.34. The van der Waals surface area contributed by atoms with Crippen LogP contribution >= 0.6 is 11.3 Å². The zero-order valence-electron chi connectivity index (χ0n) is 11.4. The predicted molar refractivity (Wildman–Crippen MR) is 78.4 cm³/mol. The molecule has 0 saturated carbocycles. The van der Waals surface area contributed by atoms with E-state index in [1.807, 2.05) is 13.0 Å². The van der Waals surface area contributed by atoms with Crippen molar-refractivity contribution in [2.45, 2.75) is 39.7 Å². The molecule has 1 atom stereocenters. The molecular formula is C15H18FNOS. The summed E-state index contributed by atoms with van der Waals surface area (Å²) < 4.78 is 14.6. The highest BCUT2D eigenvalue weighted by molar-refractivity contribution is 7.21. The molecule has 2 rings (SSSR count). The van der Waals surface area contributed by atoms with Gasteiger partial charge in [0.25, 0.3) is 5.91 Å². The van der Waals surface area contributed by atoms with E-state index in [4.69, 9.17) is 0 Å². The zero-order valence-corrected chi connectivity index (χ0v) is 12.2. The number of rotatable bonds is 4. The van der Waals surface area contributed by atoms with Gasteiger partial charge >= 0.3 is 0 Å². The Hall–Kier alpha value is -1.42. The molecule has 0 saturated heterocycles. The quantitative estimate of drug-likeness (QED) is 0.889. The number of thiophene rings is 1. The number of amides is 1. The van der Waals surface area contributed by atoms with Gasteiger partial charge in [-0.15, -0.1) is 11.3 Å². The second kappa shape index (κ2) is 5.70. The zero-order chi connectivity index (χ0) is 14.0. The summed E-state index contributed by atoms with van der Waals surface area (Å²) in [6.07, 6.45) is 1.98. The van der Waals surface area contributed by atoms with Crippen molar-refractivity contribution < 1.29 is 9.18 Å². The number of hydrogen-bond acceptors (Lipinski definition) is 2. The third-order valence-electron chi connectivity index (χ3n) is 3.21. The molecule has 1 amide bonds. The lowest BCUT2D eigenvalue weighted by Crippen LogP contribution is -2.32. The van der Waals surface area contributed by atoms with Gasteiger partial charge in [-0.2, -0.15) is 0 Å². The second-order valence-corrected chi connectivity index (χ2v) is 5.88. The third kappa shape index (κ3) is 2.78. The molecule has 0 radical (unpaired) electrons. The van der Waals surface area contributed by atoms with Gasteiger partial charge in [0, 0.05) is 16.1 Å². The summed E-state index contributed by atoms with van der Waals surface area (Å²) >= 11 is 1.35. The number of carbonyl (C=O) groups excluding carboxylic acids is 1. The molecule has 1 aromatic carbocycles. The Balaban J connectivity index is 2.33. The van der Waals surface area contributed by atoms with Crippen LogP contribution in [0.4, 0.5) is 4.39 Å². The number of carbonyl (C=O) groups is 1. The van der Waals surface area contributed by atoms with Gasteiger partial charge < -0.3 is 5.32 Å². The van der Waals surface area contributed by atoms with Crippen LogP contribution < -0.4 is 5.32 Å². The summed E-state index contributed by atoms with van der Waals surface area (Å²) in [7, 11) is 0. The normalized spacial score (nSPS) is 12.6. The van der Waals surface area contributed by atoms with Crippen LogP contribution in [-0.4, -0.2) is 11.9 Å². The molecule has 1 N–H and O–H groups in total. The van der Waals surface area contributed by atoms with Crippen molar-refractivity contribution in [3.8, 4) is 0 Å². The van der Waals surface area contributed by atoms with E-state index in [0.717, 1.165) is 23.1 Å². The van der Waals surface area contributed by atoms with Crippen molar-refractivity contribution in [2.24, 2.45) is 0 Å². The van der Waals surface area contributed by atoms with Crippen LogP contribution in [0.15, 0.2) is 18.2 Å². The van der Waals surface area contributed by atoms with Crippen LogP contribution in [0.1, 0.15) is 41.9 Å². The average Bonchev–Trinajstić information content (AvgIpc) is 2.68. The molecule has 2 aromatic rings. The van der Waals surface area contributed by atoms with Crippen LogP contribution in [0.3, 0.4) is 0 Å². The molecule has 1 aromatic heterocycles. The molecule has 1 heterocycles. The lowest BCUT2D eigenvalue weighted by molar-refractivity contribution is 0.0942. The predicted octanol–water partition coefficient (Wildman–Crippen LogP) is 4.27. The Kier molecular flexibility index (Phi) is 4.20. The Morgan fingerprint density at radius 1 is 1.47 bits per heavy atom. The maximum absolute atomic E-state index is 13.8. The van der Waals surface area contributed by atoms with Crippen LogP contribution in [0.25, 0.3) is 10.1 Å². The molecule has 0 unspecified atom stereocenters. The van der Waals surface area contributed by atoms with Crippen molar-refractivity contribution in [3.63, 3.8) is 0 Å². The highest BCUT2D eigenvalue weighted by Crippen LogP contribution is 2.32. The highest BCUT2D eigenvalue weighted by atomic mass is 32.1. The summed E-state index contributed by atoms with van der Waals surface area (Å²) in [5, 5.41) is 3.54. The molecule has 102 valence electrons. The van der Waals surface area contributed by atoms with Crippen molar-refractivity contribution in [1.29, 1.82) is 0 Å². The number of halogens is 1. The van der Waals surface area contributed by atoms with E-state index in [1.165, 1.54) is 17.4 Å². The maximum atomic E-state index is 13.8. The fourth-order valence-corrected chi connectivity index (χ4v) is 3.39. The lowest BCUT2D eigenvalue weighted by atomic mass is 10.1. The van der Waals surface area contributed by atoms with Gasteiger partial charge in [0.15, 0.2) is 0 Å². The van der Waals surface area contributed by atoms with Crippen molar-refractivity contribution in [3.05, 3.63) is 34.5 Å². The first kappa shape index (κ1) is 14.0. The minimum absolute atomic E-state index is 0.0981. The third-order valence-corrected chi connectivity index (χ3v) is 4.46. The number of aryl methyl sites for hydroxylation is 1. The Morgan fingerprint density at radius 3 is 2.84 bits per heavy atom. The average molecular weight is 279 g/mol. The summed E-state index contributed by atoms with van der Waals surface area (Å²) in [5.74, 6) is -0.356. The summed E-state index contributed by atoms with van der Waals surface area (Å²) in [4.78, 5) is 12.8. The van der Waals surface area contributed by atoms with Gasteiger partial charge in [0.05, 0.1) is 4.88 Å². The van der Waals surface area contributed by atoms with Gasteiger partial charge in [0.2, 0.25) is 0 Å². The smallest absolute Gasteiger partial charge is 0.261 e. The number of hydrogen-bond donors (Lipinski definition) is 1. The minimum atomic E-state index is -0.257. The van der Waals surface area contributed by atoms with Gasteiger partial charge in [0.1, 0.15) is 5.82 Å². The first-order valence-electron chi connectivity index (χ1n) is 6.53. The Morgan fingerprint density at radius 2 is 2.21 bits per heavy atom. The maximum Gasteiger partial charge on any atom is 0.261 e. The first-order chi connectivity index (χ1) is 9.04. The van der Waals surface area contributed by atoms with Crippen LogP contribution in [-0.2, 0) is 0 Å². The van der Waals surface area contributed by atoms with Crippen molar-refractivity contribution in [2.75, 3.05) is 0 Å². The SMILES string of the molecule is CCC[C@@H](C)NC(=O)c1sc2cccc(F)c2c1C. The number of benzene rings is 1.